The van der Waals surface area contributed by atoms with E-state index in [0.29, 0.717) is 28.9 Å². The van der Waals surface area contributed by atoms with Crippen LogP contribution in [-0.4, -0.2) is 28.3 Å². The number of nitrogen functional groups attached to an aromatic ring is 1. The first-order valence-corrected chi connectivity index (χ1v) is 10.5. The van der Waals surface area contributed by atoms with Crippen LogP contribution in [0.15, 0.2) is 85.1 Å². The van der Waals surface area contributed by atoms with Gasteiger partial charge < -0.3 is 16.2 Å². The molecule has 0 spiro atoms. The Morgan fingerprint density at radius 1 is 1.03 bits per heavy atom. The molecule has 4 rings (SSSR count). The minimum Gasteiger partial charge on any atom is -0.465 e. The molecule has 33 heavy (non-hydrogen) atoms. The van der Waals surface area contributed by atoms with Crippen LogP contribution in [0.5, 0.6) is 0 Å². The molecule has 1 aromatic heterocycles. The molecule has 166 valence electrons. The molecule has 0 aliphatic carbocycles. The largest absolute Gasteiger partial charge is 0.465 e. The molecule has 0 aliphatic heterocycles. The third kappa shape index (κ3) is 4.93. The summed E-state index contributed by atoms with van der Waals surface area (Å²) in [5, 5.41) is 14.5. The van der Waals surface area contributed by atoms with E-state index in [2.05, 4.69) is 10.3 Å². The summed E-state index contributed by atoms with van der Waals surface area (Å²) in [6.45, 7) is 1.93. The molecule has 7 nitrogen and oxygen atoms in total. The topological polar surface area (TPSA) is 109 Å². The van der Waals surface area contributed by atoms with Crippen LogP contribution in [-0.2, 0) is 6.42 Å². The average molecular weight is 441 g/mol. The minimum atomic E-state index is -1.16. The summed E-state index contributed by atoms with van der Waals surface area (Å²) in [5.74, 6) is -0.0748. The number of aryl methyl sites for hydroxylation is 1. The number of benzene rings is 3. The van der Waals surface area contributed by atoms with Crippen LogP contribution < -0.4 is 16.0 Å². The van der Waals surface area contributed by atoms with Gasteiger partial charge in [0.15, 0.2) is 0 Å². The number of carboxylic acid groups (broad SMARTS) is 1. The Labute approximate surface area is 191 Å². The summed E-state index contributed by atoms with van der Waals surface area (Å²) in [6, 6.07) is 23.6. The number of hydrogen-bond donors (Lipinski definition) is 3. The van der Waals surface area contributed by atoms with Gasteiger partial charge in [0.25, 0.3) is 5.91 Å². The van der Waals surface area contributed by atoms with Crippen LogP contribution in [0.25, 0.3) is 10.8 Å². The maximum Gasteiger partial charge on any atom is 0.413 e. The van der Waals surface area contributed by atoms with Gasteiger partial charge in [0.2, 0.25) is 0 Å². The Morgan fingerprint density at radius 3 is 2.45 bits per heavy atom. The number of nitrogens with zero attached hydrogens (tertiary/aromatic N) is 2. The highest BCUT2D eigenvalue weighted by molar-refractivity contribution is 6.01. The molecule has 4 aromatic rings. The lowest BCUT2D eigenvalue weighted by atomic mass is 10.1. The molecule has 7 heteroatoms. The van der Waals surface area contributed by atoms with E-state index < -0.39 is 18.2 Å². The van der Waals surface area contributed by atoms with Crippen molar-refractivity contribution in [3.8, 4) is 0 Å². The third-order valence-electron chi connectivity index (χ3n) is 5.46. The predicted octanol–water partition coefficient (Wildman–Crippen LogP) is 4.61. The van der Waals surface area contributed by atoms with Gasteiger partial charge in [-0.05, 0) is 48.2 Å². The number of fused-ring (bicyclic) bond motifs is 1. The Hall–Kier alpha value is -4.39. The van der Waals surface area contributed by atoms with Crippen LogP contribution >= 0.6 is 0 Å². The first kappa shape index (κ1) is 21.8. The number of nitrogens with one attached hydrogen (secondary N) is 1. The fourth-order valence-corrected chi connectivity index (χ4v) is 3.74. The van der Waals surface area contributed by atoms with Crippen molar-refractivity contribution < 1.29 is 14.7 Å². The number of amides is 2. The maximum atomic E-state index is 13.2. The number of aromatic nitrogens is 1. The molecule has 0 bridgehead atoms. The van der Waals surface area contributed by atoms with Crippen molar-refractivity contribution in [3.63, 3.8) is 0 Å². The number of pyridine rings is 1. The van der Waals surface area contributed by atoms with E-state index in [0.717, 1.165) is 16.5 Å². The van der Waals surface area contributed by atoms with Crippen molar-refractivity contribution in [2.45, 2.75) is 19.5 Å². The summed E-state index contributed by atoms with van der Waals surface area (Å²) >= 11 is 0. The molecule has 4 N–H and O–H groups in total. The molecule has 0 saturated heterocycles. The van der Waals surface area contributed by atoms with Gasteiger partial charge in [0.1, 0.15) is 12.0 Å². The summed E-state index contributed by atoms with van der Waals surface area (Å²) in [5.41, 5.74) is 8.73. The van der Waals surface area contributed by atoms with Crippen molar-refractivity contribution in [2.24, 2.45) is 0 Å². The van der Waals surface area contributed by atoms with Crippen LogP contribution in [0, 0.1) is 6.92 Å². The van der Waals surface area contributed by atoms with Gasteiger partial charge in [-0.3, -0.25) is 9.69 Å². The molecule has 0 aliphatic rings. The average Bonchev–Trinajstić information content (AvgIpc) is 2.81. The number of rotatable bonds is 6. The summed E-state index contributed by atoms with van der Waals surface area (Å²) in [6.07, 6.45) is -0.0852. The van der Waals surface area contributed by atoms with Gasteiger partial charge in [-0.15, -0.1) is 0 Å². The van der Waals surface area contributed by atoms with Gasteiger partial charge in [0, 0.05) is 29.3 Å². The summed E-state index contributed by atoms with van der Waals surface area (Å²) in [7, 11) is 0. The first-order valence-electron chi connectivity index (χ1n) is 10.5. The monoisotopic (exact) mass is 440 g/mol. The van der Waals surface area contributed by atoms with Gasteiger partial charge in [-0.1, -0.05) is 54.1 Å². The fourth-order valence-electron chi connectivity index (χ4n) is 3.74. The van der Waals surface area contributed by atoms with Crippen LogP contribution in [0.3, 0.4) is 0 Å². The quantitative estimate of drug-likeness (QED) is 0.380. The minimum absolute atomic E-state index is 0.296. The van der Waals surface area contributed by atoms with E-state index in [4.69, 9.17) is 5.73 Å². The van der Waals surface area contributed by atoms with Crippen molar-refractivity contribution in [3.05, 3.63) is 102 Å². The molecule has 1 atom stereocenters. The molecule has 3 aromatic carbocycles. The highest BCUT2D eigenvalue weighted by atomic mass is 16.4. The smallest absolute Gasteiger partial charge is 0.413 e. The Balaban J connectivity index is 1.69. The number of carbonyl (C=O) groups is 2. The second kappa shape index (κ2) is 9.40. The molecule has 2 amide bonds. The van der Waals surface area contributed by atoms with Crippen molar-refractivity contribution in [2.75, 3.05) is 10.6 Å². The van der Waals surface area contributed by atoms with E-state index >= 15 is 0 Å². The van der Waals surface area contributed by atoms with E-state index in [-0.39, 0.29) is 0 Å². The normalized spacial score (nSPS) is 11.7. The van der Waals surface area contributed by atoms with E-state index in [1.807, 2.05) is 55.5 Å². The zero-order valence-electron chi connectivity index (χ0n) is 18.1. The second-order valence-electron chi connectivity index (χ2n) is 7.80. The lowest BCUT2D eigenvalue weighted by Crippen LogP contribution is -2.52. The summed E-state index contributed by atoms with van der Waals surface area (Å²) < 4.78 is 0. The molecular formula is C26H24N4O3. The number of carbonyl (C=O) groups excluding carboxylic acids is 1. The van der Waals surface area contributed by atoms with Crippen LogP contribution in [0.4, 0.5) is 16.3 Å². The van der Waals surface area contributed by atoms with Crippen molar-refractivity contribution in [1.29, 1.82) is 0 Å². The maximum absolute atomic E-state index is 13.2. The molecule has 0 radical (unpaired) electrons. The van der Waals surface area contributed by atoms with Gasteiger partial charge >= 0.3 is 6.09 Å². The molecule has 0 unspecified atom stereocenters. The Morgan fingerprint density at radius 2 is 1.76 bits per heavy atom. The third-order valence-corrected chi connectivity index (χ3v) is 5.46. The lowest BCUT2D eigenvalue weighted by Gasteiger charge is -2.30. The highest BCUT2D eigenvalue weighted by Crippen LogP contribution is 2.22. The Bertz CT molecular complexity index is 1290. The van der Waals surface area contributed by atoms with Crippen LogP contribution in [0.1, 0.15) is 21.5 Å². The zero-order chi connectivity index (χ0) is 23.4. The molecular weight excluding hydrogens is 416 g/mol. The van der Waals surface area contributed by atoms with Crippen LogP contribution in [0.2, 0.25) is 0 Å². The van der Waals surface area contributed by atoms with Crippen molar-refractivity contribution in [1.82, 2.24) is 10.3 Å². The first-order chi connectivity index (χ1) is 15.9. The highest BCUT2D eigenvalue weighted by Gasteiger charge is 2.27. The number of anilines is 2. The predicted molar refractivity (Wildman–Crippen MR) is 129 cm³/mol. The lowest BCUT2D eigenvalue weighted by molar-refractivity contribution is 0.0936. The van der Waals surface area contributed by atoms with E-state index in [9.17, 15) is 14.7 Å². The summed E-state index contributed by atoms with van der Waals surface area (Å²) in [4.78, 5) is 30.8. The van der Waals surface area contributed by atoms with Crippen molar-refractivity contribution >= 4 is 34.3 Å². The fraction of sp³-hybridized carbons (Fsp3) is 0.115. The molecule has 1 heterocycles. The molecule has 0 saturated carbocycles. The Kier molecular flexibility index (Phi) is 6.22. The molecule has 0 fully saturated rings. The zero-order valence-corrected chi connectivity index (χ0v) is 18.1. The van der Waals surface area contributed by atoms with E-state index in [1.165, 1.54) is 4.90 Å². The van der Waals surface area contributed by atoms with Gasteiger partial charge in [-0.2, -0.15) is 0 Å². The van der Waals surface area contributed by atoms with Gasteiger partial charge in [0.05, 0.1) is 0 Å². The number of hydrogen-bond acceptors (Lipinski definition) is 4. The van der Waals surface area contributed by atoms with Gasteiger partial charge in [-0.25, -0.2) is 9.78 Å². The van der Waals surface area contributed by atoms with E-state index in [1.54, 1.807) is 36.5 Å². The standard InChI is InChI=1S/C26H24N4O3/c1-17-7-11-21(12-8-17)30(26(32)33)23(15-18-5-3-2-4-6-18)29-25(31)20-10-9-19-13-14-28-24(27)22(19)16-20/h2-14,16,23H,15H2,1H3,(H2,27,28)(H,29,31)(H,32,33)/t23-/m1/s1. The second-order valence-corrected chi connectivity index (χ2v) is 7.80. The number of nitrogens with two attached hydrogens (primary N) is 1. The SMILES string of the molecule is Cc1ccc(N(C(=O)O)[C@H](Cc2ccccc2)NC(=O)c2ccc3ccnc(N)c3c2)cc1.